The first-order valence-electron chi connectivity index (χ1n) is 8.57. The Kier molecular flexibility index (Phi) is 6.02. The Morgan fingerprint density at radius 2 is 1.70 bits per heavy atom. The summed E-state index contributed by atoms with van der Waals surface area (Å²) in [5.74, 6) is 1.69. The lowest BCUT2D eigenvalue weighted by molar-refractivity contribution is -0.138. The minimum Gasteiger partial charge on any atom is -0.493 e. The standard InChI is InChI=1S/C20H21Cl2NO4/c1-12(27-17-5-4-15(21)10-16(17)22)20(24)23-7-6-13-8-18(25-2)19(26-3)9-14(13)11-23/h4-5,8-10,12H,6-7,11H2,1-3H3/t12-/m1/s1. The molecule has 144 valence electrons. The zero-order valence-electron chi connectivity index (χ0n) is 15.4. The monoisotopic (exact) mass is 409 g/mol. The van der Waals surface area contributed by atoms with E-state index in [0.29, 0.717) is 40.4 Å². The summed E-state index contributed by atoms with van der Waals surface area (Å²) >= 11 is 12.0. The molecule has 1 aliphatic heterocycles. The second-order valence-electron chi connectivity index (χ2n) is 6.32. The van der Waals surface area contributed by atoms with Crippen LogP contribution in [-0.2, 0) is 17.8 Å². The Morgan fingerprint density at radius 3 is 2.33 bits per heavy atom. The molecule has 0 saturated heterocycles. The van der Waals surface area contributed by atoms with Crippen molar-refractivity contribution >= 4 is 29.1 Å². The zero-order chi connectivity index (χ0) is 19.6. The van der Waals surface area contributed by atoms with Gasteiger partial charge in [-0.25, -0.2) is 0 Å². The highest BCUT2D eigenvalue weighted by molar-refractivity contribution is 6.35. The van der Waals surface area contributed by atoms with Crippen LogP contribution in [0.2, 0.25) is 10.0 Å². The van der Waals surface area contributed by atoms with Gasteiger partial charge in [-0.1, -0.05) is 23.2 Å². The predicted molar refractivity (Wildman–Crippen MR) is 105 cm³/mol. The van der Waals surface area contributed by atoms with Crippen LogP contribution < -0.4 is 14.2 Å². The fraction of sp³-hybridized carbons (Fsp3) is 0.350. The number of nitrogens with zero attached hydrogens (tertiary/aromatic N) is 1. The molecule has 7 heteroatoms. The van der Waals surface area contributed by atoms with E-state index in [-0.39, 0.29) is 5.91 Å². The molecule has 5 nitrogen and oxygen atoms in total. The molecule has 1 atom stereocenters. The van der Waals surface area contributed by atoms with Gasteiger partial charge in [0.15, 0.2) is 17.6 Å². The number of carbonyl (C=O) groups is 1. The van der Waals surface area contributed by atoms with E-state index < -0.39 is 6.10 Å². The fourth-order valence-corrected chi connectivity index (χ4v) is 3.59. The summed E-state index contributed by atoms with van der Waals surface area (Å²) in [6.45, 7) is 2.83. The molecular weight excluding hydrogens is 389 g/mol. The molecule has 27 heavy (non-hydrogen) atoms. The number of fused-ring (bicyclic) bond motifs is 1. The maximum Gasteiger partial charge on any atom is 0.263 e. The Balaban J connectivity index is 1.73. The first kappa shape index (κ1) is 19.6. The highest BCUT2D eigenvalue weighted by atomic mass is 35.5. The highest BCUT2D eigenvalue weighted by Crippen LogP contribution is 2.34. The lowest BCUT2D eigenvalue weighted by atomic mass is 9.98. The molecule has 0 spiro atoms. The number of hydrogen-bond acceptors (Lipinski definition) is 4. The average Bonchev–Trinajstić information content (AvgIpc) is 2.67. The van der Waals surface area contributed by atoms with Crippen molar-refractivity contribution in [1.29, 1.82) is 0 Å². The zero-order valence-corrected chi connectivity index (χ0v) is 16.9. The third-order valence-electron chi connectivity index (χ3n) is 4.58. The third kappa shape index (κ3) is 4.25. The Bertz CT molecular complexity index is 856. The van der Waals surface area contributed by atoms with Crippen molar-refractivity contribution in [3.63, 3.8) is 0 Å². The summed E-state index contributed by atoms with van der Waals surface area (Å²) in [7, 11) is 3.21. The molecule has 0 saturated carbocycles. The molecule has 0 aliphatic carbocycles. The van der Waals surface area contributed by atoms with E-state index >= 15 is 0 Å². The van der Waals surface area contributed by atoms with Gasteiger partial charge in [-0.15, -0.1) is 0 Å². The molecule has 1 amide bonds. The first-order chi connectivity index (χ1) is 12.9. The predicted octanol–water partition coefficient (Wildman–Crippen LogP) is 4.36. The molecule has 0 N–H and O–H groups in total. The molecule has 0 bridgehead atoms. The van der Waals surface area contributed by atoms with Gasteiger partial charge >= 0.3 is 0 Å². The van der Waals surface area contributed by atoms with Crippen LogP contribution in [0.3, 0.4) is 0 Å². The molecular formula is C20H21Cl2NO4. The summed E-state index contributed by atoms with van der Waals surface area (Å²) in [5, 5.41) is 0.895. The van der Waals surface area contributed by atoms with E-state index in [1.807, 2.05) is 12.1 Å². The van der Waals surface area contributed by atoms with Crippen LogP contribution in [-0.4, -0.2) is 37.7 Å². The molecule has 0 unspecified atom stereocenters. The summed E-state index contributed by atoms with van der Waals surface area (Å²) < 4.78 is 16.5. The molecule has 0 fully saturated rings. The lowest BCUT2D eigenvalue weighted by Gasteiger charge is -2.31. The van der Waals surface area contributed by atoms with Crippen LogP contribution in [0.4, 0.5) is 0 Å². The highest BCUT2D eigenvalue weighted by Gasteiger charge is 2.27. The van der Waals surface area contributed by atoms with Crippen molar-refractivity contribution in [3.05, 3.63) is 51.5 Å². The van der Waals surface area contributed by atoms with Crippen LogP contribution in [0.25, 0.3) is 0 Å². The minimum atomic E-state index is -0.662. The number of amides is 1. The van der Waals surface area contributed by atoms with Gasteiger partial charge in [-0.2, -0.15) is 0 Å². The van der Waals surface area contributed by atoms with Gasteiger partial charge in [0.1, 0.15) is 5.75 Å². The summed E-state index contributed by atoms with van der Waals surface area (Å²) in [6.07, 6.45) is 0.0842. The molecule has 1 heterocycles. The van der Waals surface area contributed by atoms with Gasteiger partial charge in [0.25, 0.3) is 5.91 Å². The average molecular weight is 410 g/mol. The van der Waals surface area contributed by atoms with Crippen LogP contribution in [0, 0.1) is 0 Å². The van der Waals surface area contributed by atoms with Gasteiger partial charge in [0.2, 0.25) is 0 Å². The van der Waals surface area contributed by atoms with Crippen molar-refractivity contribution < 1.29 is 19.0 Å². The Hall–Kier alpha value is -2.11. The number of benzene rings is 2. The Morgan fingerprint density at radius 1 is 1.04 bits per heavy atom. The van der Waals surface area contributed by atoms with Crippen molar-refractivity contribution in [3.8, 4) is 17.2 Å². The summed E-state index contributed by atoms with van der Waals surface area (Å²) in [5.41, 5.74) is 2.20. The molecule has 2 aromatic carbocycles. The molecule has 1 aliphatic rings. The van der Waals surface area contributed by atoms with Gasteiger partial charge in [-0.3, -0.25) is 4.79 Å². The largest absolute Gasteiger partial charge is 0.493 e. The van der Waals surface area contributed by atoms with E-state index in [2.05, 4.69) is 0 Å². The normalized spacial score (nSPS) is 14.3. The third-order valence-corrected chi connectivity index (χ3v) is 5.11. The first-order valence-corrected chi connectivity index (χ1v) is 9.32. The second kappa shape index (κ2) is 8.28. The van der Waals surface area contributed by atoms with Crippen molar-refractivity contribution in [2.24, 2.45) is 0 Å². The molecule has 3 rings (SSSR count). The SMILES string of the molecule is COc1cc2c(cc1OC)CN(C(=O)[C@@H](C)Oc1ccc(Cl)cc1Cl)CC2. The molecule has 2 aromatic rings. The van der Waals surface area contributed by atoms with Crippen molar-refractivity contribution in [2.75, 3.05) is 20.8 Å². The second-order valence-corrected chi connectivity index (χ2v) is 7.16. The van der Waals surface area contributed by atoms with Gasteiger partial charge in [0, 0.05) is 18.1 Å². The number of halogens is 2. The van der Waals surface area contributed by atoms with E-state index in [1.54, 1.807) is 44.2 Å². The lowest BCUT2D eigenvalue weighted by Crippen LogP contribution is -2.43. The number of methoxy groups -OCH3 is 2. The Labute approximate surface area is 168 Å². The maximum absolute atomic E-state index is 12.8. The van der Waals surface area contributed by atoms with Crippen LogP contribution in [0.1, 0.15) is 18.1 Å². The topological polar surface area (TPSA) is 48.0 Å². The fourth-order valence-electron chi connectivity index (χ4n) is 3.14. The number of carbonyl (C=O) groups excluding carboxylic acids is 1. The van der Waals surface area contributed by atoms with Crippen molar-refractivity contribution in [1.82, 2.24) is 4.90 Å². The minimum absolute atomic E-state index is 0.0959. The molecule has 0 radical (unpaired) electrons. The maximum atomic E-state index is 12.8. The van der Waals surface area contributed by atoms with Gasteiger partial charge in [0.05, 0.1) is 19.2 Å². The van der Waals surface area contributed by atoms with Crippen LogP contribution in [0.5, 0.6) is 17.2 Å². The van der Waals surface area contributed by atoms with Crippen molar-refractivity contribution in [2.45, 2.75) is 26.0 Å². The smallest absolute Gasteiger partial charge is 0.263 e. The van der Waals surface area contributed by atoms with E-state index in [1.165, 1.54) is 0 Å². The number of hydrogen-bond donors (Lipinski definition) is 0. The number of rotatable bonds is 5. The van der Waals surface area contributed by atoms with Crippen LogP contribution >= 0.6 is 23.2 Å². The van der Waals surface area contributed by atoms with E-state index in [0.717, 1.165) is 17.5 Å². The summed E-state index contributed by atoms with van der Waals surface area (Å²) in [4.78, 5) is 14.6. The summed E-state index contributed by atoms with van der Waals surface area (Å²) in [6, 6.07) is 8.83. The van der Waals surface area contributed by atoms with Gasteiger partial charge < -0.3 is 19.1 Å². The van der Waals surface area contributed by atoms with Crippen LogP contribution in [0.15, 0.2) is 30.3 Å². The van der Waals surface area contributed by atoms with E-state index in [4.69, 9.17) is 37.4 Å². The van der Waals surface area contributed by atoms with Gasteiger partial charge in [-0.05, 0) is 54.8 Å². The quantitative estimate of drug-likeness (QED) is 0.735. The van der Waals surface area contributed by atoms with E-state index in [9.17, 15) is 4.79 Å². The molecule has 0 aromatic heterocycles. The number of ether oxygens (including phenoxy) is 3.